The molecule has 3 heterocycles. The molecule has 2 N–H and O–H groups in total. The van der Waals surface area contributed by atoms with E-state index in [9.17, 15) is 9.59 Å². The van der Waals surface area contributed by atoms with Crippen molar-refractivity contribution in [1.29, 1.82) is 0 Å². The smallest absolute Gasteiger partial charge is 0.252 e. The number of furan rings is 1. The number of fused-ring (bicyclic) bond motifs is 1. The van der Waals surface area contributed by atoms with E-state index in [1.165, 1.54) is 0 Å². The van der Waals surface area contributed by atoms with Crippen LogP contribution in [0.5, 0.6) is 0 Å². The fourth-order valence-electron chi connectivity index (χ4n) is 2.92. The third-order valence-corrected chi connectivity index (χ3v) is 4.50. The summed E-state index contributed by atoms with van der Waals surface area (Å²) < 4.78 is 5.25. The summed E-state index contributed by atoms with van der Waals surface area (Å²) in [4.78, 5) is 30.7. The lowest BCUT2D eigenvalue weighted by atomic mass is 10.1. The number of nitrogens with one attached hydrogen (secondary N) is 2. The average molecular weight is 340 g/mol. The summed E-state index contributed by atoms with van der Waals surface area (Å²) >= 11 is 0. The highest BCUT2D eigenvalue weighted by Crippen LogP contribution is 2.35. The number of anilines is 2. The van der Waals surface area contributed by atoms with Crippen molar-refractivity contribution in [3.8, 4) is 0 Å². The molecule has 7 nitrogen and oxygen atoms in total. The number of carbonyl (C=O) groups is 2. The molecule has 1 aliphatic heterocycles. The lowest BCUT2D eigenvalue weighted by Crippen LogP contribution is -2.41. The van der Waals surface area contributed by atoms with E-state index in [4.69, 9.17) is 4.42 Å². The van der Waals surface area contributed by atoms with Gasteiger partial charge in [0, 0.05) is 25.7 Å². The van der Waals surface area contributed by atoms with Gasteiger partial charge in [0.25, 0.3) is 5.91 Å². The molecule has 0 atom stereocenters. The Morgan fingerprint density at radius 2 is 2.32 bits per heavy atom. The monoisotopic (exact) mass is 340 g/mol. The number of hydrogen-bond acceptors (Lipinski definition) is 5. The van der Waals surface area contributed by atoms with Crippen LogP contribution >= 0.6 is 0 Å². The van der Waals surface area contributed by atoms with Crippen LogP contribution < -0.4 is 15.5 Å². The van der Waals surface area contributed by atoms with Crippen molar-refractivity contribution in [2.45, 2.75) is 19.3 Å². The Bertz CT molecular complexity index is 784. The molecule has 4 rings (SSSR count). The van der Waals surface area contributed by atoms with Gasteiger partial charge < -0.3 is 20.0 Å². The maximum absolute atomic E-state index is 12.4. The number of rotatable bonds is 6. The summed E-state index contributed by atoms with van der Waals surface area (Å²) in [6.07, 6.45) is 6.10. The molecule has 1 fully saturated rings. The predicted octanol–water partition coefficient (Wildman–Crippen LogP) is 1.82. The molecule has 2 amide bonds. The molecule has 7 heteroatoms. The molecule has 2 aliphatic rings. The zero-order valence-electron chi connectivity index (χ0n) is 13.8. The summed E-state index contributed by atoms with van der Waals surface area (Å²) in [6.45, 7) is 1.44. The molecule has 2 aromatic rings. The third-order valence-electron chi connectivity index (χ3n) is 4.50. The van der Waals surface area contributed by atoms with Gasteiger partial charge in [-0.05, 0) is 37.0 Å². The van der Waals surface area contributed by atoms with Crippen molar-refractivity contribution in [2.75, 3.05) is 29.9 Å². The Morgan fingerprint density at radius 1 is 1.44 bits per heavy atom. The molecule has 0 saturated heterocycles. The molecule has 0 aromatic carbocycles. The molecule has 25 heavy (non-hydrogen) atoms. The second kappa shape index (κ2) is 6.58. The first-order chi connectivity index (χ1) is 12.2. The minimum absolute atomic E-state index is 0.0246. The van der Waals surface area contributed by atoms with Crippen molar-refractivity contribution in [3.05, 3.63) is 42.0 Å². The van der Waals surface area contributed by atoms with E-state index in [2.05, 4.69) is 15.6 Å². The highest BCUT2D eigenvalue weighted by molar-refractivity contribution is 6.04. The van der Waals surface area contributed by atoms with Crippen molar-refractivity contribution < 1.29 is 14.0 Å². The standard InChI is InChI=1S/C18H20N4O3/c23-16-10-21-17-15(22(16)11-12-3-4-12)8-13(9-20-17)18(24)19-6-5-14-2-1-7-25-14/h1-2,7-9,12H,3-6,10-11H2,(H,19,24)(H,20,21). The lowest BCUT2D eigenvalue weighted by Gasteiger charge is -2.29. The van der Waals surface area contributed by atoms with Gasteiger partial charge in [-0.25, -0.2) is 4.98 Å². The van der Waals surface area contributed by atoms with Gasteiger partial charge in [0.05, 0.1) is 24.1 Å². The SMILES string of the molecule is O=C(NCCc1ccco1)c1cnc2c(c1)N(CC1CC1)C(=O)CN2. The van der Waals surface area contributed by atoms with Crippen molar-refractivity contribution in [2.24, 2.45) is 5.92 Å². The molecule has 130 valence electrons. The highest BCUT2D eigenvalue weighted by atomic mass is 16.3. The fourth-order valence-corrected chi connectivity index (χ4v) is 2.92. The molecule has 0 spiro atoms. The van der Waals surface area contributed by atoms with Gasteiger partial charge in [0.15, 0.2) is 0 Å². The van der Waals surface area contributed by atoms with Crippen LogP contribution in [-0.2, 0) is 11.2 Å². The van der Waals surface area contributed by atoms with E-state index in [1.54, 1.807) is 23.4 Å². The highest BCUT2D eigenvalue weighted by Gasteiger charge is 2.32. The zero-order chi connectivity index (χ0) is 17.2. The second-order valence-electron chi connectivity index (χ2n) is 6.48. The summed E-state index contributed by atoms with van der Waals surface area (Å²) in [5.41, 5.74) is 1.15. The predicted molar refractivity (Wildman–Crippen MR) is 92.5 cm³/mol. The number of pyridine rings is 1. The Kier molecular flexibility index (Phi) is 4.13. The van der Waals surface area contributed by atoms with Gasteiger partial charge in [-0.15, -0.1) is 0 Å². The molecule has 1 saturated carbocycles. The first-order valence-electron chi connectivity index (χ1n) is 8.55. The number of carbonyl (C=O) groups excluding carboxylic acids is 2. The topological polar surface area (TPSA) is 87.5 Å². The zero-order valence-corrected chi connectivity index (χ0v) is 13.8. The van der Waals surface area contributed by atoms with Crippen LogP contribution in [0.3, 0.4) is 0 Å². The largest absolute Gasteiger partial charge is 0.469 e. The van der Waals surface area contributed by atoms with Crippen LogP contribution in [0.1, 0.15) is 29.0 Å². The number of aromatic nitrogens is 1. The molecule has 0 bridgehead atoms. The molecule has 0 unspecified atom stereocenters. The van der Waals surface area contributed by atoms with Crippen molar-refractivity contribution in [1.82, 2.24) is 10.3 Å². The van der Waals surface area contributed by atoms with Gasteiger partial charge >= 0.3 is 0 Å². The Hall–Kier alpha value is -2.83. The minimum atomic E-state index is -0.203. The summed E-state index contributed by atoms with van der Waals surface area (Å²) in [7, 11) is 0. The Balaban J connectivity index is 1.46. The van der Waals surface area contributed by atoms with Crippen molar-refractivity contribution in [3.63, 3.8) is 0 Å². The first kappa shape index (κ1) is 15.7. The first-order valence-corrected chi connectivity index (χ1v) is 8.55. The normalized spacial score (nSPS) is 16.3. The van der Waals surface area contributed by atoms with Crippen LogP contribution in [0.25, 0.3) is 0 Å². The van der Waals surface area contributed by atoms with Gasteiger partial charge in [0.2, 0.25) is 5.91 Å². The average Bonchev–Trinajstić information content (AvgIpc) is 3.29. The second-order valence-corrected chi connectivity index (χ2v) is 6.48. The van der Waals surface area contributed by atoms with Crippen LogP contribution in [0.4, 0.5) is 11.5 Å². The van der Waals surface area contributed by atoms with E-state index in [0.717, 1.165) is 18.6 Å². The molecular weight excluding hydrogens is 320 g/mol. The summed E-state index contributed by atoms with van der Waals surface area (Å²) in [5.74, 6) is 1.88. The number of hydrogen-bond donors (Lipinski definition) is 2. The van der Waals surface area contributed by atoms with E-state index in [1.807, 2.05) is 12.1 Å². The van der Waals surface area contributed by atoms with E-state index in [-0.39, 0.29) is 18.4 Å². The van der Waals surface area contributed by atoms with E-state index < -0.39 is 0 Å². The van der Waals surface area contributed by atoms with Gasteiger partial charge in [-0.3, -0.25) is 9.59 Å². The summed E-state index contributed by atoms with van der Waals surface area (Å²) in [5, 5.41) is 5.88. The number of nitrogens with zero attached hydrogens (tertiary/aromatic N) is 2. The van der Waals surface area contributed by atoms with E-state index >= 15 is 0 Å². The van der Waals surface area contributed by atoms with Gasteiger partial charge in [-0.2, -0.15) is 0 Å². The van der Waals surface area contributed by atoms with E-state index in [0.29, 0.717) is 42.5 Å². The lowest BCUT2D eigenvalue weighted by molar-refractivity contribution is -0.117. The van der Waals surface area contributed by atoms with Crippen LogP contribution in [0.15, 0.2) is 35.1 Å². The minimum Gasteiger partial charge on any atom is -0.469 e. The Morgan fingerprint density at radius 3 is 3.08 bits per heavy atom. The maximum atomic E-state index is 12.4. The van der Waals surface area contributed by atoms with Crippen LogP contribution in [-0.4, -0.2) is 36.4 Å². The van der Waals surface area contributed by atoms with Gasteiger partial charge in [-0.1, -0.05) is 0 Å². The quantitative estimate of drug-likeness (QED) is 0.837. The summed E-state index contributed by atoms with van der Waals surface area (Å²) in [6, 6.07) is 5.44. The van der Waals surface area contributed by atoms with Crippen molar-refractivity contribution >= 4 is 23.3 Å². The van der Waals surface area contributed by atoms with Crippen LogP contribution in [0.2, 0.25) is 0 Å². The molecule has 1 aliphatic carbocycles. The van der Waals surface area contributed by atoms with Crippen LogP contribution in [0, 0.1) is 5.92 Å². The molecule has 2 aromatic heterocycles. The maximum Gasteiger partial charge on any atom is 0.252 e. The fraction of sp³-hybridized carbons (Fsp3) is 0.389. The molecular formula is C18H20N4O3. The van der Waals surface area contributed by atoms with Gasteiger partial charge in [0.1, 0.15) is 11.6 Å². The Labute approximate surface area is 145 Å². The third kappa shape index (κ3) is 3.50. The number of amides is 2. The molecule has 0 radical (unpaired) electrons.